The number of furan rings is 1. The molecule has 2 aromatic rings. The van der Waals surface area contributed by atoms with Gasteiger partial charge >= 0.3 is 0 Å². The van der Waals surface area contributed by atoms with Gasteiger partial charge < -0.3 is 9.73 Å². The van der Waals surface area contributed by atoms with Crippen LogP contribution in [0.15, 0.2) is 34.9 Å². The Kier molecular flexibility index (Phi) is 5.21. The summed E-state index contributed by atoms with van der Waals surface area (Å²) in [4.78, 5) is 0. The number of hydrogen-bond donors (Lipinski definition) is 1. The molecule has 1 atom stereocenters. The number of rotatable bonds is 6. The molecular weight excluding hydrogens is 277 g/mol. The van der Waals surface area contributed by atoms with Gasteiger partial charge in [-0.15, -0.1) is 0 Å². The molecule has 0 spiro atoms. The van der Waals surface area contributed by atoms with Crippen LogP contribution in [-0.2, 0) is 6.42 Å². The zero-order valence-corrected chi connectivity index (χ0v) is 12.5. The normalized spacial score (nSPS) is 12.6. The standard InChI is InChI=1S/C16H19ClFNO/c1-3-7-19-15(16-11(2)6-8-20-16)10-12-4-5-13(17)14(18)9-12/h4-6,8-9,15,19H,3,7,10H2,1-2H3. The van der Waals surface area contributed by atoms with Gasteiger partial charge in [-0.3, -0.25) is 0 Å². The van der Waals surface area contributed by atoms with Crippen LogP contribution in [0.4, 0.5) is 4.39 Å². The Morgan fingerprint density at radius 1 is 1.35 bits per heavy atom. The number of nitrogens with one attached hydrogen (secondary N) is 1. The summed E-state index contributed by atoms with van der Waals surface area (Å²) < 4.78 is 19.1. The van der Waals surface area contributed by atoms with E-state index in [1.54, 1.807) is 12.3 Å². The fraction of sp³-hybridized carbons (Fsp3) is 0.375. The molecule has 20 heavy (non-hydrogen) atoms. The predicted molar refractivity (Wildman–Crippen MR) is 79.6 cm³/mol. The third-order valence-electron chi connectivity index (χ3n) is 3.28. The summed E-state index contributed by atoms with van der Waals surface area (Å²) in [6, 6.07) is 6.92. The Hall–Kier alpha value is -1.32. The minimum atomic E-state index is -0.380. The lowest BCUT2D eigenvalue weighted by atomic mass is 10.0. The van der Waals surface area contributed by atoms with Gasteiger partial charge in [0.2, 0.25) is 0 Å². The second kappa shape index (κ2) is 6.91. The second-order valence-corrected chi connectivity index (χ2v) is 5.33. The molecule has 0 bridgehead atoms. The Morgan fingerprint density at radius 3 is 2.75 bits per heavy atom. The molecule has 0 fully saturated rings. The van der Waals surface area contributed by atoms with Crippen molar-refractivity contribution in [1.29, 1.82) is 0 Å². The van der Waals surface area contributed by atoms with Gasteiger partial charge in [-0.1, -0.05) is 24.6 Å². The zero-order valence-electron chi connectivity index (χ0n) is 11.7. The highest BCUT2D eigenvalue weighted by Crippen LogP contribution is 2.24. The van der Waals surface area contributed by atoms with Crippen LogP contribution in [0.2, 0.25) is 5.02 Å². The van der Waals surface area contributed by atoms with Gasteiger partial charge in [0.25, 0.3) is 0 Å². The smallest absolute Gasteiger partial charge is 0.142 e. The van der Waals surface area contributed by atoms with Crippen LogP contribution >= 0.6 is 11.6 Å². The molecule has 108 valence electrons. The lowest BCUT2D eigenvalue weighted by Gasteiger charge is -2.17. The van der Waals surface area contributed by atoms with Crippen LogP contribution in [0.1, 0.15) is 36.3 Å². The molecule has 1 aromatic heterocycles. The predicted octanol–water partition coefficient (Wildman–Crippen LogP) is 4.66. The number of hydrogen-bond acceptors (Lipinski definition) is 2. The van der Waals surface area contributed by atoms with Gasteiger partial charge in [0, 0.05) is 0 Å². The highest BCUT2D eigenvalue weighted by molar-refractivity contribution is 6.30. The minimum Gasteiger partial charge on any atom is -0.467 e. The van der Waals surface area contributed by atoms with Crippen LogP contribution in [0, 0.1) is 12.7 Å². The van der Waals surface area contributed by atoms with Crippen molar-refractivity contribution >= 4 is 11.6 Å². The first-order valence-corrected chi connectivity index (χ1v) is 7.21. The molecule has 4 heteroatoms. The molecule has 0 saturated heterocycles. The summed E-state index contributed by atoms with van der Waals surface area (Å²) in [6.07, 6.45) is 3.39. The quantitative estimate of drug-likeness (QED) is 0.838. The molecule has 1 heterocycles. The molecule has 1 N–H and O–H groups in total. The molecule has 0 radical (unpaired) electrons. The number of aryl methyl sites for hydroxylation is 1. The molecule has 0 saturated carbocycles. The molecule has 0 amide bonds. The first-order valence-electron chi connectivity index (χ1n) is 6.83. The molecule has 0 aliphatic heterocycles. The third-order valence-corrected chi connectivity index (χ3v) is 3.59. The summed E-state index contributed by atoms with van der Waals surface area (Å²) in [7, 11) is 0. The summed E-state index contributed by atoms with van der Waals surface area (Å²) >= 11 is 5.72. The molecule has 2 nitrogen and oxygen atoms in total. The fourth-order valence-corrected chi connectivity index (χ4v) is 2.34. The maximum atomic E-state index is 13.5. The van der Waals surface area contributed by atoms with E-state index in [0.29, 0.717) is 6.42 Å². The van der Waals surface area contributed by atoms with Crippen molar-refractivity contribution in [2.24, 2.45) is 0 Å². The van der Waals surface area contributed by atoms with Gasteiger partial charge in [-0.25, -0.2) is 4.39 Å². The SMILES string of the molecule is CCCNC(Cc1ccc(Cl)c(F)c1)c1occc1C. The molecule has 1 aromatic carbocycles. The van der Waals surface area contributed by atoms with E-state index in [-0.39, 0.29) is 16.9 Å². The molecular formula is C16H19ClFNO. The third kappa shape index (κ3) is 3.62. The Labute approximate surface area is 123 Å². The average molecular weight is 296 g/mol. The van der Waals surface area contributed by atoms with Crippen molar-refractivity contribution in [3.8, 4) is 0 Å². The Bertz CT molecular complexity index is 567. The molecule has 1 unspecified atom stereocenters. The average Bonchev–Trinajstić information content (AvgIpc) is 2.85. The van der Waals surface area contributed by atoms with Crippen LogP contribution in [0.25, 0.3) is 0 Å². The lowest BCUT2D eigenvalue weighted by Crippen LogP contribution is -2.24. The van der Waals surface area contributed by atoms with Gasteiger partial charge in [0.15, 0.2) is 0 Å². The van der Waals surface area contributed by atoms with Crippen LogP contribution in [0.3, 0.4) is 0 Å². The first kappa shape index (κ1) is 15.1. The van der Waals surface area contributed by atoms with E-state index in [2.05, 4.69) is 12.2 Å². The minimum absolute atomic E-state index is 0.0468. The monoisotopic (exact) mass is 295 g/mol. The first-order chi connectivity index (χ1) is 9.61. The molecule has 0 aliphatic carbocycles. The van der Waals surface area contributed by atoms with Crippen molar-refractivity contribution in [1.82, 2.24) is 5.32 Å². The summed E-state index contributed by atoms with van der Waals surface area (Å²) in [6.45, 7) is 5.02. The Morgan fingerprint density at radius 2 is 2.15 bits per heavy atom. The van der Waals surface area contributed by atoms with Crippen LogP contribution < -0.4 is 5.32 Å². The van der Waals surface area contributed by atoms with E-state index in [4.69, 9.17) is 16.0 Å². The highest BCUT2D eigenvalue weighted by atomic mass is 35.5. The van der Waals surface area contributed by atoms with E-state index >= 15 is 0 Å². The highest BCUT2D eigenvalue weighted by Gasteiger charge is 2.17. The number of halogens is 2. The second-order valence-electron chi connectivity index (χ2n) is 4.93. The van der Waals surface area contributed by atoms with E-state index in [1.807, 2.05) is 19.1 Å². The maximum absolute atomic E-state index is 13.5. The van der Waals surface area contributed by atoms with Crippen LogP contribution in [0.5, 0.6) is 0 Å². The summed E-state index contributed by atoms with van der Waals surface area (Å²) in [5.41, 5.74) is 2.00. The van der Waals surface area contributed by atoms with Crippen molar-refractivity contribution in [2.75, 3.05) is 6.54 Å². The van der Waals surface area contributed by atoms with Gasteiger partial charge in [-0.2, -0.15) is 0 Å². The van der Waals surface area contributed by atoms with E-state index in [1.165, 1.54) is 6.07 Å². The van der Waals surface area contributed by atoms with E-state index in [0.717, 1.165) is 29.9 Å². The van der Waals surface area contributed by atoms with Crippen molar-refractivity contribution < 1.29 is 8.81 Å². The topological polar surface area (TPSA) is 25.2 Å². The number of benzene rings is 1. The maximum Gasteiger partial charge on any atom is 0.142 e. The molecule has 0 aliphatic rings. The summed E-state index contributed by atoms with van der Waals surface area (Å²) in [5.74, 6) is 0.531. The van der Waals surface area contributed by atoms with Crippen molar-refractivity contribution in [3.63, 3.8) is 0 Å². The van der Waals surface area contributed by atoms with Crippen LogP contribution in [-0.4, -0.2) is 6.54 Å². The van der Waals surface area contributed by atoms with E-state index in [9.17, 15) is 4.39 Å². The fourth-order valence-electron chi connectivity index (χ4n) is 2.22. The van der Waals surface area contributed by atoms with Crippen molar-refractivity contribution in [3.05, 3.63) is 58.3 Å². The largest absolute Gasteiger partial charge is 0.467 e. The zero-order chi connectivity index (χ0) is 14.5. The van der Waals surface area contributed by atoms with Gasteiger partial charge in [0.05, 0.1) is 17.3 Å². The Balaban J connectivity index is 2.19. The van der Waals surface area contributed by atoms with Gasteiger partial charge in [-0.05, 0) is 55.6 Å². The summed E-state index contributed by atoms with van der Waals surface area (Å²) in [5, 5.41) is 3.60. The molecule has 2 rings (SSSR count). The van der Waals surface area contributed by atoms with Crippen molar-refractivity contribution in [2.45, 2.75) is 32.7 Å². The lowest BCUT2D eigenvalue weighted by molar-refractivity contribution is 0.407. The van der Waals surface area contributed by atoms with Gasteiger partial charge in [0.1, 0.15) is 11.6 Å². The van der Waals surface area contributed by atoms with E-state index < -0.39 is 0 Å².